The van der Waals surface area contributed by atoms with Crippen LogP contribution in [0.2, 0.25) is 0 Å². The topological polar surface area (TPSA) is 86.5 Å². The minimum absolute atomic E-state index is 0.323. The fourth-order valence-corrected chi connectivity index (χ4v) is 4.96. The van der Waals surface area contributed by atoms with Crippen LogP contribution in [-0.4, -0.2) is 28.1 Å². The summed E-state index contributed by atoms with van der Waals surface area (Å²) in [6, 6.07) is 14.1. The Hall–Kier alpha value is -3.49. The molecule has 0 aliphatic carbocycles. The van der Waals surface area contributed by atoms with Crippen molar-refractivity contribution in [2.45, 2.75) is 66.7 Å². The van der Waals surface area contributed by atoms with Crippen LogP contribution in [0.1, 0.15) is 59.6 Å². The number of nitrogens with zero attached hydrogens (tertiary/aromatic N) is 2. The van der Waals surface area contributed by atoms with Crippen LogP contribution in [0.15, 0.2) is 52.3 Å². The summed E-state index contributed by atoms with van der Waals surface area (Å²) in [4.78, 5) is 21.7. The number of ether oxygens (including phenoxy) is 2. The van der Waals surface area contributed by atoms with E-state index >= 15 is 0 Å². The second-order valence-electron chi connectivity index (χ2n) is 9.79. The van der Waals surface area contributed by atoms with Gasteiger partial charge in [-0.15, -0.1) is 11.3 Å². The van der Waals surface area contributed by atoms with Gasteiger partial charge in [0.15, 0.2) is 5.60 Å². The van der Waals surface area contributed by atoms with E-state index in [0.717, 1.165) is 50.2 Å². The summed E-state index contributed by atoms with van der Waals surface area (Å²) in [7, 11) is 0. The number of aryl methyl sites for hydroxylation is 3. The van der Waals surface area contributed by atoms with Gasteiger partial charge in [0.1, 0.15) is 16.5 Å². The summed E-state index contributed by atoms with van der Waals surface area (Å²) in [6.07, 6.45) is 0.640. The highest BCUT2D eigenvalue weighted by Crippen LogP contribution is 2.29. The Morgan fingerprint density at radius 3 is 2.45 bits per heavy atom. The van der Waals surface area contributed by atoms with E-state index in [1.165, 1.54) is 0 Å². The summed E-state index contributed by atoms with van der Waals surface area (Å²) in [5.74, 6) is 1.81. The molecule has 2 heterocycles. The van der Waals surface area contributed by atoms with Gasteiger partial charge in [0.25, 0.3) is 0 Å². The number of carbonyl (C=O) groups excluding carboxylic acids is 1. The van der Waals surface area contributed by atoms with Gasteiger partial charge in [0.05, 0.1) is 18.0 Å². The molecule has 0 aliphatic heterocycles. The van der Waals surface area contributed by atoms with Gasteiger partial charge in [-0.2, -0.15) is 0 Å². The molecule has 4 aromatic rings. The molecule has 0 atom stereocenters. The number of aromatic nitrogens is 2. The number of hydrogen-bond donors (Lipinski definition) is 1. The quantitative estimate of drug-likeness (QED) is 0.226. The van der Waals surface area contributed by atoms with E-state index in [4.69, 9.17) is 23.9 Å². The average molecular weight is 534 g/mol. The molecule has 0 spiro atoms. The van der Waals surface area contributed by atoms with Gasteiger partial charge in [0, 0.05) is 30.5 Å². The van der Waals surface area contributed by atoms with Crippen LogP contribution in [0.4, 0.5) is 0 Å². The van der Waals surface area contributed by atoms with Crippen molar-refractivity contribution in [1.29, 1.82) is 0 Å². The van der Waals surface area contributed by atoms with E-state index in [1.807, 2.05) is 51.1 Å². The van der Waals surface area contributed by atoms with Gasteiger partial charge in [-0.3, -0.25) is 0 Å². The van der Waals surface area contributed by atoms with Gasteiger partial charge >= 0.3 is 5.97 Å². The molecule has 0 radical (unpaired) electrons. The fourth-order valence-electron chi connectivity index (χ4n) is 4.20. The number of oxazole rings is 1. The first kappa shape index (κ1) is 27.5. The Morgan fingerprint density at radius 2 is 1.76 bits per heavy atom. The zero-order valence-corrected chi connectivity index (χ0v) is 23.7. The minimum atomic E-state index is -1.05. The molecule has 0 bridgehead atoms. The number of nitrogens with one attached hydrogen (secondary N) is 1. The number of hydrogen-bond acceptors (Lipinski definition) is 8. The molecule has 38 heavy (non-hydrogen) atoms. The first-order valence-electron chi connectivity index (χ1n) is 12.8. The lowest BCUT2D eigenvalue weighted by atomic mass is 10.0. The molecule has 0 aliphatic rings. The van der Waals surface area contributed by atoms with Crippen molar-refractivity contribution in [2.75, 3.05) is 6.61 Å². The third-order valence-electron chi connectivity index (χ3n) is 6.11. The summed E-state index contributed by atoms with van der Waals surface area (Å²) >= 11 is 1.64. The molecule has 200 valence electrons. The Labute approximate surface area is 228 Å². The van der Waals surface area contributed by atoms with Crippen molar-refractivity contribution < 1.29 is 18.7 Å². The van der Waals surface area contributed by atoms with Gasteiger partial charge in [-0.05, 0) is 70.4 Å². The van der Waals surface area contributed by atoms with Crippen molar-refractivity contribution >= 4 is 17.3 Å². The Bertz CT molecular complexity index is 1370. The predicted molar refractivity (Wildman–Crippen MR) is 149 cm³/mol. The summed E-state index contributed by atoms with van der Waals surface area (Å²) in [5, 5.41) is 6.59. The molecule has 2 aromatic heterocycles. The van der Waals surface area contributed by atoms with Crippen LogP contribution < -0.4 is 10.1 Å². The third-order valence-corrected chi connectivity index (χ3v) is 7.01. The highest BCUT2D eigenvalue weighted by atomic mass is 32.1. The van der Waals surface area contributed by atoms with E-state index in [9.17, 15) is 4.79 Å². The molecule has 0 saturated heterocycles. The van der Waals surface area contributed by atoms with E-state index in [-0.39, 0.29) is 5.97 Å². The second-order valence-corrected chi connectivity index (χ2v) is 10.7. The van der Waals surface area contributed by atoms with Gasteiger partial charge < -0.3 is 19.2 Å². The minimum Gasteiger partial charge on any atom is -0.476 e. The lowest BCUT2D eigenvalue weighted by Crippen LogP contribution is -2.40. The van der Waals surface area contributed by atoms with E-state index in [2.05, 4.69) is 22.8 Å². The summed E-state index contributed by atoms with van der Waals surface area (Å²) < 4.78 is 17.1. The molecular weight excluding hydrogens is 498 g/mol. The SMILES string of the molecule is CCOC(=O)C(C)(C)Oc1c(C)cc(CNCc2nc(Cc3nc(-c4ccccc4)oc3C)cs2)cc1C. The number of carbonyl (C=O) groups is 1. The van der Waals surface area contributed by atoms with E-state index < -0.39 is 5.60 Å². The van der Waals surface area contributed by atoms with Crippen molar-refractivity contribution in [3.8, 4) is 17.2 Å². The molecule has 8 heteroatoms. The van der Waals surface area contributed by atoms with Crippen LogP contribution >= 0.6 is 11.3 Å². The van der Waals surface area contributed by atoms with Gasteiger partial charge in [0.2, 0.25) is 5.89 Å². The Balaban J connectivity index is 1.33. The van der Waals surface area contributed by atoms with Crippen LogP contribution in [0.5, 0.6) is 5.75 Å². The molecule has 1 N–H and O–H groups in total. The predicted octanol–water partition coefficient (Wildman–Crippen LogP) is 6.32. The normalized spacial score (nSPS) is 11.5. The number of thiazole rings is 1. The average Bonchev–Trinajstić information content (AvgIpc) is 3.48. The molecule has 0 unspecified atom stereocenters. The first-order valence-corrected chi connectivity index (χ1v) is 13.7. The van der Waals surface area contributed by atoms with Crippen LogP contribution in [0.3, 0.4) is 0 Å². The molecule has 0 saturated carbocycles. The summed E-state index contributed by atoms with van der Waals surface area (Å²) in [5.41, 5.74) is 4.92. The summed E-state index contributed by atoms with van der Waals surface area (Å²) in [6.45, 7) is 12.9. The molecule has 2 aromatic carbocycles. The maximum absolute atomic E-state index is 12.2. The van der Waals surface area contributed by atoms with Crippen molar-refractivity contribution in [3.05, 3.63) is 86.7 Å². The monoisotopic (exact) mass is 533 g/mol. The van der Waals surface area contributed by atoms with Crippen LogP contribution in [0, 0.1) is 20.8 Å². The van der Waals surface area contributed by atoms with Gasteiger partial charge in [-0.1, -0.05) is 30.3 Å². The molecule has 0 fully saturated rings. The van der Waals surface area contributed by atoms with E-state index in [1.54, 1.807) is 32.1 Å². The Morgan fingerprint density at radius 1 is 1.05 bits per heavy atom. The highest BCUT2D eigenvalue weighted by molar-refractivity contribution is 7.09. The second kappa shape index (κ2) is 11.9. The standard InChI is InChI=1S/C30H35N3O4S/c1-7-35-29(34)30(5,6)37-27-19(2)13-22(14-20(27)3)16-31-17-26-32-24(18-38-26)15-25-21(4)36-28(33-25)23-11-9-8-10-12-23/h8-14,18,31H,7,15-17H2,1-6H3. The molecule has 0 amide bonds. The molecular formula is C30H35N3O4S. The fraction of sp³-hybridized carbons (Fsp3) is 0.367. The van der Waals surface area contributed by atoms with Gasteiger partial charge in [-0.25, -0.2) is 14.8 Å². The lowest BCUT2D eigenvalue weighted by Gasteiger charge is -2.26. The third kappa shape index (κ3) is 6.68. The van der Waals surface area contributed by atoms with Crippen molar-refractivity contribution in [2.24, 2.45) is 0 Å². The largest absolute Gasteiger partial charge is 0.476 e. The highest BCUT2D eigenvalue weighted by Gasteiger charge is 2.32. The maximum Gasteiger partial charge on any atom is 0.349 e. The van der Waals surface area contributed by atoms with Crippen molar-refractivity contribution in [1.82, 2.24) is 15.3 Å². The number of rotatable bonds is 11. The molecule has 7 nitrogen and oxygen atoms in total. The number of benzene rings is 2. The van der Waals surface area contributed by atoms with Crippen molar-refractivity contribution in [3.63, 3.8) is 0 Å². The zero-order chi connectivity index (χ0) is 27.3. The lowest BCUT2D eigenvalue weighted by molar-refractivity contribution is -0.158. The first-order chi connectivity index (χ1) is 18.2. The van der Waals surface area contributed by atoms with Crippen LogP contribution in [0.25, 0.3) is 11.5 Å². The maximum atomic E-state index is 12.2. The smallest absolute Gasteiger partial charge is 0.349 e. The van der Waals surface area contributed by atoms with Crippen LogP contribution in [-0.2, 0) is 29.0 Å². The molecule has 4 rings (SSSR count). The Kier molecular flexibility index (Phi) is 8.64. The zero-order valence-electron chi connectivity index (χ0n) is 22.9. The number of esters is 1. The van der Waals surface area contributed by atoms with E-state index in [0.29, 0.717) is 32.0 Å².